The molecule has 2 aromatic rings. The van der Waals surface area contributed by atoms with E-state index in [-0.39, 0.29) is 29.0 Å². The van der Waals surface area contributed by atoms with Crippen LogP contribution < -0.4 is 0 Å². The van der Waals surface area contributed by atoms with E-state index in [1.807, 2.05) is 35.0 Å². The average Bonchev–Trinajstić information content (AvgIpc) is 3.06. The average molecular weight is 372 g/mol. The number of hydrogen-bond acceptors (Lipinski definition) is 4. The lowest BCUT2D eigenvalue weighted by molar-refractivity contribution is -0.136. The van der Waals surface area contributed by atoms with E-state index in [1.165, 1.54) is 6.07 Å². The monoisotopic (exact) mass is 372 g/mol. The molecule has 0 N–H and O–H groups in total. The van der Waals surface area contributed by atoms with Gasteiger partial charge in [0.25, 0.3) is 0 Å². The molecule has 4 rings (SSSR count). The number of hydrogen-bond donors (Lipinski definition) is 0. The van der Waals surface area contributed by atoms with E-state index in [4.69, 9.17) is 4.74 Å². The third kappa shape index (κ3) is 3.76. The molecule has 6 heteroatoms. The van der Waals surface area contributed by atoms with Gasteiger partial charge >= 0.3 is 0 Å². The highest BCUT2D eigenvalue weighted by Gasteiger charge is 2.50. The quantitative estimate of drug-likeness (QED) is 0.809. The van der Waals surface area contributed by atoms with Crippen LogP contribution in [-0.2, 0) is 22.6 Å². The molecule has 1 amide bonds. The van der Waals surface area contributed by atoms with Crippen LogP contribution >= 0.6 is 11.8 Å². The Hall–Kier alpha value is -1.92. The predicted octanol–water partition coefficient (Wildman–Crippen LogP) is 3.07. The highest BCUT2D eigenvalue weighted by Crippen LogP contribution is 2.46. The van der Waals surface area contributed by atoms with E-state index < -0.39 is 0 Å². The summed E-state index contributed by atoms with van der Waals surface area (Å²) in [6.45, 7) is 2.04. The third-order valence-electron chi connectivity index (χ3n) is 4.99. The molecule has 4 nitrogen and oxygen atoms in total. The van der Waals surface area contributed by atoms with Gasteiger partial charge in [-0.1, -0.05) is 24.3 Å². The number of benzene rings is 1. The second kappa shape index (κ2) is 7.37. The molecular formula is C20H21FN2O2S. The maximum Gasteiger partial charge on any atom is 0.227 e. The first kappa shape index (κ1) is 17.5. The minimum atomic E-state index is -0.310. The molecule has 0 aliphatic carbocycles. The highest BCUT2D eigenvalue weighted by atomic mass is 32.2. The number of halogens is 1. The summed E-state index contributed by atoms with van der Waals surface area (Å²) in [7, 11) is 0. The topological polar surface area (TPSA) is 42.4 Å². The standard InChI is InChI=1S/C20H21FN2O2S/c21-18-6-2-1-5-16(18)8-19(24)23-13-20(14-23)9-17(12-26-20)25-11-15-4-3-7-22-10-15/h1-7,10,17H,8-9,11-14H2/t17-/m0/s1. The summed E-state index contributed by atoms with van der Waals surface area (Å²) < 4.78 is 19.8. The number of likely N-dealkylation sites (tertiary alicyclic amines) is 1. The van der Waals surface area contributed by atoms with Gasteiger partial charge in [-0.05, 0) is 29.7 Å². The van der Waals surface area contributed by atoms with Crippen molar-refractivity contribution in [3.8, 4) is 0 Å². The number of rotatable bonds is 5. The summed E-state index contributed by atoms with van der Waals surface area (Å²) in [5.41, 5.74) is 1.55. The van der Waals surface area contributed by atoms with Crippen LogP contribution in [0.5, 0.6) is 0 Å². The van der Waals surface area contributed by atoms with E-state index in [1.54, 1.807) is 24.4 Å². The van der Waals surface area contributed by atoms with Crippen LogP contribution in [0, 0.1) is 5.82 Å². The molecule has 1 aromatic carbocycles. The summed E-state index contributed by atoms with van der Waals surface area (Å²) in [6, 6.07) is 10.4. The molecule has 1 aromatic heterocycles. The Labute approximate surface area is 156 Å². The molecule has 3 heterocycles. The number of ether oxygens (including phenoxy) is 1. The van der Waals surface area contributed by atoms with Gasteiger partial charge in [0, 0.05) is 31.2 Å². The Balaban J connectivity index is 1.25. The van der Waals surface area contributed by atoms with Gasteiger partial charge < -0.3 is 9.64 Å². The first-order valence-electron chi connectivity index (χ1n) is 8.79. The fourth-order valence-corrected chi connectivity index (χ4v) is 5.12. The second-order valence-corrected chi connectivity index (χ2v) is 8.50. The van der Waals surface area contributed by atoms with E-state index in [0.29, 0.717) is 12.2 Å². The number of pyridine rings is 1. The Morgan fingerprint density at radius 2 is 2.15 bits per heavy atom. The van der Waals surface area contributed by atoms with E-state index in [9.17, 15) is 9.18 Å². The third-order valence-corrected chi connectivity index (χ3v) is 6.57. The number of amides is 1. The lowest BCUT2D eigenvalue weighted by Gasteiger charge is -2.47. The molecule has 0 bridgehead atoms. The van der Waals surface area contributed by atoms with Gasteiger partial charge in [-0.3, -0.25) is 9.78 Å². The lowest BCUT2D eigenvalue weighted by Crippen LogP contribution is -2.61. The van der Waals surface area contributed by atoms with Crippen molar-refractivity contribution >= 4 is 17.7 Å². The largest absolute Gasteiger partial charge is 0.373 e. The maximum absolute atomic E-state index is 13.7. The summed E-state index contributed by atoms with van der Waals surface area (Å²) >= 11 is 1.90. The van der Waals surface area contributed by atoms with Crippen LogP contribution in [0.2, 0.25) is 0 Å². The number of carbonyl (C=O) groups is 1. The van der Waals surface area contributed by atoms with Crippen molar-refractivity contribution in [3.63, 3.8) is 0 Å². The van der Waals surface area contributed by atoms with Crippen LogP contribution in [0.25, 0.3) is 0 Å². The minimum absolute atomic E-state index is 0.000975. The zero-order valence-electron chi connectivity index (χ0n) is 14.4. The zero-order valence-corrected chi connectivity index (χ0v) is 15.3. The molecule has 1 atom stereocenters. The second-order valence-electron chi connectivity index (χ2n) is 7.01. The molecule has 2 fully saturated rings. The van der Waals surface area contributed by atoms with Crippen LogP contribution in [0.4, 0.5) is 4.39 Å². The predicted molar refractivity (Wildman–Crippen MR) is 99.3 cm³/mol. The van der Waals surface area contributed by atoms with E-state index >= 15 is 0 Å². The SMILES string of the molecule is O=C(Cc1ccccc1F)N1CC2(C[C@H](OCc3cccnc3)CS2)C1. The van der Waals surface area contributed by atoms with Crippen LogP contribution in [0.1, 0.15) is 17.5 Å². The number of thioether (sulfide) groups is 1. The van der Waals surface area contributed by atoms with E-state index in [0.717, 1.165) is 30.8 Å². The molecule has 0 unspecified atom stereocenters. The van der Waals surface area contributed by atoms with Crippen LogP contribution in [0.15, 0.2) is 48.8 Å². The zero-order chi connectivity index (χ0) is 18.0. The summed E-state index contributed by atoms with van der Waals surface area (Å²) in [5.74, 6) is 0.645. The fraction of sp³-hybridized carbons (Fsp3) is 0.400. The fourth-order valence-electron chi connectivity index (χ4n) is 3.57. The first-order chi connectivity index (χ1) is 12.6. The molecular weight excluding hydrogens is 351 g/mol. The summed E-state index contributed by atoms with van der Waals surface area (Å²) in [5, 5.41) is 0. The Morgan fingerprint density at radius 3 is 2.92 bits per heavy atom. The van der Waals surface area contributed by atoms with Crippen molar-refractivity contribution < 1.29 is 13.9 Å². The smallest absolute Gasteiger partial charge is 0.227 e. The van der Waals surface area contributed by atoms with Crippen LogP contribution in [-0.4, -0.2) is 45.5 Å². The van der Waals surface area contributed by atoms with Crippen molar-refractivity contribution in [1.29, 1.82) is 0 Å². The van der Waals surface area contributed by atoms with Crippen molar-refractivity contribution in [2.75, 3.05) is 18.8 Å². The maximum atomic E-state index is 13.7. The van der Waals surface area contributed by atoms with Crippen molar-refractivity contribution in [2.24, 2.45) is 0 Å². The number of nitrogens with zero attached hydrogens (tertiary/aromatic N) is 2. The van der Waals surface area contributed by atoms with Gasteiger partial charge in [-0.25, -0.2) is 4.39 Å². The molecule has 0 radical (unpaired) electrons. The van der Waals surface area contributed by atoms with Gasteiger partial charge in [-0.2, -0.15) is 0 Å². The summed E-state index contributed by atoms with van der Waals surface area (Å²) in [4.78, 5) is 18.3. The van der Waals surface area contributed by atoms with Gasteiger partial charge in [-0.15, -0.1) is 11.8 Å². The van der Waals surface area contributed by atoms with Gasteiger partial charge in [0.05, 0.1) is 23.9 Å². The van der Waals surface area contributed by atoms with Crippen molar-refractivity contribution in [1.82, 2.24) is 9.88 Å². The molecule has 2 aliphatic heterocycles. The molecule has 0 saturated carbocycles. The first-order valence-corrected chi connectivity index (χ1v) is 9.78. The Morgan fingerprint density at radius 1 is 1.31 bits per heavy atom. The Bertz CT molecular complexity index is 780. The Kier molecular flexibility index (Phi) is 4.96. The van der Waals surface area contributed by atoms with Gasteiger partial charge in [0.1, 0.15) is 5.82 Å². The number of aromatic nitrogens is 1. The van der Waals surface area contributed by atoms with Crippen molar-refractivity contribution in [3.05, 3.63) is 65.7 Å². The molecule has 2 saturated heterocycles. The molecule has 26 heavy (non-hydrogen) atoms. The number of carbonyl (C=O) groups excluding carboxylic acids is 1. The normalized spacial score (nSPS) is 21.0. The molecule has 2 aliphatic rings. The minimum Gasteiger partial charge on any atom is -0.373 e. The van der Waals surface area contributed by atoms with E-state index in [2.05, 4.69) is 4.98 Å². The van der Waals surface area contributed by atoms with Crippen molar-refractivity contribution in [2.45, 2.75) is 30.3 Å². The van der Waals surface area contributed by atoms with Crippen LogP contribution in [0.3, 0.4) is 0 Å². The van der Waals surface area contributed by atoms with Gasteiger partial charge in [0.15, 0.2) is 0 Å². The highest BCUT2D eigenvalue weighted by molar-refractivity contribution is 8.01. The lowest BCUT2D eigenvalue weighted by atomic mass is 9.92. The summed E-state index contributed by atoms with van der Waals surface area (Å²) in [6.07, 6.45) is 4.88. The molecule has 1 spiro atoms. The van der Waals surface area contributed by atoms with Gasteiger partial charge in [0.2, 0.25) is 5.91 Å². The molecule has 136 valence electrons.